The zero-order valence-electron chi connectivity index (χ0n) is 10.3. The average Bonchev–Trinajstić information content (AvgIpc) is 2.41. The van der Waals surface area contributed by atoms with Crippen molar-refractivity contribution in [1.29, 1.82) is 0 Å². The summed E-state index contributed by atoms with van der Waals surface area (Å²) < 4.78 is 25.8. The lowest BCUT2D eigenvalue weighted by molar-refractivity contribution is 0.593. The van der Waals surface area contributed by atoms with Crippen LogP contribution in [0.1, 0.15) is 5.56 Å². The molecule has 0 amide bonds. The molecular formula is C13H13ClN2O2S. The van der Waals surface area contributed by atoms with E-state index < -0.39 is 10.0 Å². The lowest BCUT2D eigenvalue weighted by atomic mass is 10.2. The van der Waals surface area contributed by atoms with Gasteiger partial charge in [0.05, 0.1) is 17.6 Å². The highest BCUT2D eigenvalue weighted by molar-refractivity contribution is 7.92. The third-order valence-electron chi connectivity index (χ3n) is 2.72. The van der Waals surface area contributed by atoms with Gasteiger partial charge in [-0.1, -0.05) is 29.8 Å². The Balaban J connectivity index is 2.27. The molecule has 0 aliphatic rings. The first-order valence-corrected chi connectivity index (χ1v) is 7.59. The summed E-state index contributed by atoms with van der Waals surface area (Å²) in [5.74, 6) is -0.141. The van der Waals surface area contributed by atoms with Gasteiger partial charge in [0.2, 0.25) is 10.0 Å². The number of hydrogen-bond acceptors (Lipinski definition) is 3. The van der Waals surface area contributed by atoms with Gasteiger partial charge >= 0.3 is 0 Å². The summed E-state index contributed by atoms with van der Waals surface area (Å²) in [5, 5.41) is 0.450. The summed E-state index contributed by atoms with van der Waals surface area (Å²) in [5.41, 5.74) is 1.11. The third-order valence-corrected chi connectivity index (χ3v) is 4.81. The molecule has 0 saturated carbocycles. The molecular weight excluding hydrogens is 284 g/mol. The Bertz CT molecular complexity index is 659. The molecule has 19 heavy (non-hydrogen) atoms. The summed E-state index contributed by atoms with van der Waals surface area (Å²) in [6, 6.07) is 10.3. The van der Waals surface area contributed by atoms with Gasteiger partial charge in [-0.25, -0.2) is 8.42 Å². The number of hydrogen-bond donors (Lipinski definition) is 0. The van der Waals surface area contributed by atoms with E-state index in [4.69, 9.17) is 11.6 Å². The molecule has 0 spiro atoms. The zero-order chi connectivity index (χ0) is 13.9. The normalized spacial score (nSPS) is 11.3. The molecule has 1 heterocycles. The summed E-state index contributed by atoms with van der Waals surface area (Å²) in [6.45, 7) is 0. The second-order valence-electron chi connectivity index (χ2n) is 4.03. The lowest BCUT2D eigenvalue weighted by Crippen LogP contribution is -2.28. The molecule has 0 unspecified atom stereocenters. The van der Waals surface area contributed by atoms with Crippen LogP contribution in [0.5, 0.6) is 0 Å². The first-order chi connectivity index (χ1) is 9.00. The second kappa shape index (κ2) is 5.59. The van der Waals surface area contributed by atoms with Crippen molar-refractivity contribution in [1.82, 2.24) is 4.98 Å². The van der Waals surface area contributed by atoms with Crippen LogP contribution in [0, 0.1) is 0 Å². The minimum atomic E-state index is -3.48. The number of pyridine rings is 1. The van der Waals surface area contributed by atoms with E-state index in [1.165, 1.54) is 17.5 Å². The number of halogens is 1. The van der Waals surface area contributed by atoms with Crippen LogP contribution in [0.15, 0.2) is 48.8 Å². The first-order valence-electron chi connectivity index (χ1n) is 5.61. The molecule has 0 N–H and O–H groups in total. The molecule has 1 aromatic carbocycles. The molecule has 0 atom stereocenters. The highest BCUT2D eigenvalue weighted by atomic mass is 35.5. The molecule has 4 nitrogen and oxygen atoms in total. The SMILES string of the molecule is CN(c1cccnc1)S(=O)(=O)Cc1ccccc1Cl. The van der Waals surface area contributed by atoms with Crippen LogP contribution in [-0.2, 0) is 15.8 Å². The van der Waals surface area contributed by atoms with Gasteiger partial charge in [-0.15, -0.1) is 0 Å². The maximum absolute atomic E-state index is 12.3. The van der Waals surface area contributed by atoms with Crippen molar-refractivity contribution < 1.29 is 8.42 Å². The number of aromatic nitrogens is 1. The molecule has 0 saturated heterocycles. The Hall–Kier alpha value is -1.59. The summed E-state index contributed by atoms with van der Waals surface area (Å²) in [4.78, 5) is 3.91. The number of benzene rings is 1. The standard InChI is InChI=1S/C13H13ClN2O2S/c1-16(12-6-4-8-15-9-12)19(17,18)10-11-5-2-3-7-13(11)14/h2-9H,10H2,1H3. The third kappa shape index (κ3) is 3.24. The largest absolute Gasteiger partial charge is 0.271 e. The van der Waals surface area contributed by atoms with Gasteiger partial charge in [-0.2, -0.15) is 0 Å². The predicted octanol–water partition coefficient (Wildman–Crippen LogP) is 2.70. The van der Waals surface area contributed by atoms with E-state index in [0.29, 0.717) is 16.3 Å². The van der Waals surface area contributed by atoms with Crippen molar-refractivity contribution in [3.63, 3.8) is 0 Å². The smallest absolute Gasteiger partial charge is 0.239 e. The zero-order valence-corrected chi connectivity index (χ0v) is 11.9. The van der Waals surface area contributed by atoms with Crippen molar-refractivity contribution in [3.8, 4) is 0 Å². The Morgan fingerprint density at radius 2 is 1.95 bits per heavy atom. The average molecular weight is 297 g/mol. The molecule has 0 fully saturated rings. The maximum Gasteiger partial charge on any atom is 0.239 e. The number of anilines is 1. The Morgan fingerprint density at radius 1 is 1.21 bits per heavy atom. The van der Waals surface area contributed by atoms with Crippen LogP contribution in [-0.4, -0.2) is 20.4 Å². The summed E-state index contributed by atoms with van der Waals surface area (Å²) in [6.07, 6.45) is 3.10. The van der Waals surface area contributed by atoms with Crippen molar-refractivity contribution in [2.75, 3.05) is 11.4 Å². The number of rotatable bonds is 4. The predicted molar refractivity (Wildman–Crippen MR) is 76.7 cm³/mol. The summed E-state index contributed by atoms with van der Waals surface area (Å²) in [7, 11) is -1.98. The number of nitrogens with zero attached hydrogens (tertiary/aromatic N) is 2. The molecule has 0 aliphatic carbocycles. The molecule has 2 aromatic rings. The van der Waals surface area contributed by atoms with E-state index in [1.54, 1.807) is 42.6 Å². The van der Waals surface area contributed by atoms with E-state index in [9.17, 15) is 8.42 Å². The molecule has 2 rings (SSSR count). The minimum absolute atomic E-state index is 0.141. The van der Waals surface area contributed by atoms with Gasteiger partial charge in [-0.05, 0) is 23.8 Å². The Morgan fingerprint density at radius 3 is 2.58 bits per heavy atom. The van der Waals surface area contributed by atoms with Gasteiger partial charge in [-0.3, -0.25) is 9.29 Å². The van der Waals surface area contributed by atoms with Crippen LogP contribution in [0.4, 0.5) is 5.69 Å². The number of sulfonamides is 1. The quantitative estimate of drug-likeness (QED) is 0.871. The molecule has 0 radical (unpaired) electrons. The van der Waals surface area contributed by atoms with Crippen molar-refractivity contribution in [2.45, 2.75) is 5.75 Å². The van der Waals surface area contributed by atoms with Crippen molar-refractivity contribution in [2.24, 2.45) is 0 Å². The fourth-order valence-electron chi connectivity index (χ4n) is 1.61. The monoisotopic (exact) mass is 296 g/mol. The Labute approximate surface area is 117 Å². The molecule has 0 bridgehead atoms. The van der Waals surface area contributed by atoms with Crippen LogP contribution in [0.3, 0.4) is 0 Å². The highest BCUT2D eigenvalue weighted by Gasteiger charge is 2.20. The maximum atomic E-state index is 12.3. The van der Waals surface area contributed by atoms with Crippen LogP contribution in [0.2, 0.25) is 5.02 Å². The van der Waals surface area contributed by atoms with Crippen molar-refractivity contribution >= 4 is 27.3 Å². The van der Waals surface area contributed by atoms with Gasteiger partial charge in [0.15, 0.2) is 0 Å². The Kier molecular flexibility index (Phi) is 4.07. The van der Waals surface area contributed by atoms with E-state index in [-0.39, 0.29) is 5.75 Å². The first kappa shape index (κ1) is 13.8. The van der Waals surface area contributed by atoms with E-state index >= 15 is 0 Å². The van der Waals surface area contributed by atoms with E-state index in [0.717, 1.165) is 0 Å². The highest BCUT2D eigenvalue weighted by Crippen LogP contribution is 2.21. The fraction of sp³-hybridized carbons (Fsp3) is 0.154. The fourth-order valence-corrected chi connectivity index (χ4v) is 3.16. The van der Waals surface area contributed by atoms with Crippen LogP contribution >= 0.6 is 11.6 Å². The van der Waals surface area contributed by atoms with Gasteiger partial charge in [0.25, 0.3) is 0 Å². The van der Waals surface area contributed by atoms with E-state index in [1.807, 2.05) is 0 Å². The van der Waals surface area contributed by atoms with Gasteiger partial charge in [0, 0.05) is 18.3 Å². The van der Waals surface area contributed by atoms with Gasteiger partial charge in [0.1, 0.15) is 0 Å². The van der Waals surface area contributed by atoms with E-state index in [2.05, 4.69) is 4.98 Å². The lowest BCUT2D eigenvalue weighted by Gasteiger charge is -2.19. The molecule has 0 aliphatic heterocycles. The molecule has 100 valence electrons. The van der Waals surface area contributed by atoms with Crippen LogP contribution < -0.4 is 4.31 Å². The molecule has 6 heteroatoms. The van der Waals surface area contributed by atoms with Gasteiger partial charge < -0.3 is 0 Å². The topological polar surface area (TPSA) is 50.3 Å². The second-order valence-corrected chi connectivity index (χ2v) is 6.43. The summed E-state index contributed by atoms with van der Waals surface area (Å²) >= 11 is 5.99. The van der Waals surface area contributed by atoms with Crippen LogP contribution in [0.25, 0.3) is 0 Å². The minimum Gasteiger partial charge on any atom is -0.271 e. The van der Waals surface area contributed by atoms with Crippen molar-refractivity contribution in [3.05, 3.63) is 59.4 Å². The molecule has 1 aromatic heterocycles.